The first-order valence-corrected chi connectivity index (χ1v) is 3.22. The van der Waals surface area contributed by atoms with Gasteiger partial charge < -0.3 is 14.7 Å². The topological polar surface area (TPSA) is 40.5 Å². The van der Waals surface area contributed by atoms with Gasteiger partial charge in [-0.3, -0.25) is 0 Å². The Morgan fingerprint density at radius 2 is 2.40 bits per heavy atom. The van der Waals surface area contributed by atoms with Crippen LogP contribution in [0.1, 0.15) is 0 Å². The molecule has 10 heavy (non-hydrogen) atoms. The van der Waals surface area contributed by atoms with Crippen molar-refractivity contribution in [1.29, 1.82) is 0 Å². The molecule has 0 saturated carbocycles. The minimum atomic E-state index is -1.18. The molecule has 0 aromatic rings. The number of aliphatic hydroxyl groups excluding tert-OH is 1. The van der Waals surface area contributed by atoms with Crippen LogP contribution >= 0.6 is 0 Å². The zero-order valence-electron chi connectivity index (χ0n) is 5.53. The summed E-state index contributed by atoms with van der Waals surface area (Å²) in [7, 11) is 0.220. The first-order chi connectivity index (χ1) is 4.74. The van der Waals surface area contributed by atoms with Crippen LogP contribution in [0, 0.1) is 0 Å². The highest BCUT2D eigenvalue weighted by Crippen LogP contribution is 2.10. The van der Waals surface area contributed by atoms with E-state index < -0.39 is 12.3 Å². The lowest BCUT2D eigenvalue weighted by Crippen LogP contribution is -2.27. The molecule has 5 heteroatoms. The second-order valence-corrected chi connectivity index (χ2v) is 2.47. The summed E-state index contributed by atoms with van der Waals surface area (Å²) in [6.07, 6.45) is -1.37. The van der Waals surface area contributed by atoms with Crippen molar-refractivity contribution in [1.82, 2.24) is 4.81 Å². The molecule has 3 nitrogen and oxygen atoms in total. The lowest BCUT2D eigenvalue weighted by molar-refractivity contribution is 0.117. The van der Waals surface area contributed by atoms with Crippen molar-refractivity contribution in [2.24, 2.45) is 0 Å². The lowest BCUT2D eigenvalue weighted by atomic mass is 9.96. The molecule has 1 aliphatic rings. The van der Waals surface area contributed by atoms with Crippen LogP contribution in [-0.4, -0.2) is 48.9 Å². The normalized spacial score (nSPS) is 34.2. The third-order valence-corrected chi connectivity index (χ3v) is 1.63. The molecule has 0 radical (unpaired) electrons. The van der Waals surface area contributed by atoms with Crippen molar-refractivity contribution in [3.63, 3.8) is 0 Å². The number of hydrogen-bond acceptors (Lipinski definition) is 3. The van der Waals surface area contributed by atoms with Gasteiger partial charge in [0, 0.05) is 13.1 Å². The second kappa shape index (κ2) is 3.12. The molecule has 1 aliphatic heterocycles. The van der Waals surface area contributed by atoms with E-state index in [-0.39, 0.29) is 20.5 Å². The first kappa shape index (κ1) is 7.69. The van der Waals surface area contributed by atoms with E-state index in [1.807, 2.05) is 0 Å². The van der Waals surface area contributed by atoms with Crippen molar-refractivity contribution in [3.05, 3.63) is 0 Å². The quantitative estimate of drug-likeness (QED) is 0.381. The van der Waals surface area contributed by atoms with Crippen LogP contribution in [0.15, 0.2) is 0 Å². The fraction of sp³-hybridized carbons (Fsp3) is 0.800. The van der Waals surface area contributed by atoms with Gasteiger partial charge in [0.25, 0.3) is 7.41 Å². The van der Waals surface area contributed by atoms with Gasteiger partial charge in [-0.2, -0.15) is 0 Å². The fourth-order valence-electron chi connectivity index (χ4n) is 1.08. The van der Waals surface area contributed by atoms with Crippen LogP contribution in [0.4, 0.5) is 4.39 Å². The number of halogens is 1. The number of hydrogen-bond donors (Lipinski definition) is 1. The monoisotopic (exact) mass is 145 g/mol. The van der Waals surface area contributed by atoms with E-state index in [1.54, 1.807) is 4.81 Å². The Bertz CT molecular complexity index is 125. The Kier molecular flexibility index (Phi) is 2.40. The summed E-state index contributed by atoms with van der Waals surface area (Å²) in [4.78, 5) is 11.5. The molecule has 0 spiro atoms. The van der Waals surface area contributed by atoms with Crippen molar-refractivity contribution in [3.8, 4) is 0 Å². The molecular formula is C5H9BFNO2. The van der Waals surface area contributed by atoms with Crippen molar-refractivity contribution in [2.45, 2.75) is 12.3 Å². The number of nitrogens with zero attached hydrogens (tertiary/aromatic N) is 1. The number of β-amino-alcohol motifs (C(OH)–C–C–N with tert-alkyl or cyclic N) is 1. The van der Waals surface area contributed by atoms with E-state index in [9.17, 15) is 9.18 Å². The number of carbonyl (C=O) groups excluding carboxylic acids is 1. The number of carbonyl (C=O) groups is 1. The van der Waals surface area contributed by atoms with Gasteiger partial charge in [-0.25, -0.2) is 4.39 Å². The van der Waals surface area contributed by atoms with Crippen molar-refractivity contribution >= 4 is 13.6 Å². The summed E-state index contributed by atoms with van der Waals surface area (Å²) in [6.45, 7) is 0.458. The maximum Gasteiger partial charge on any atom is 0.281 e. The average Bonchev–Trinajstić information content (AvgIpc) is 2.14. The van der Waals surface area contributed by atoms with Gasteiger partial charge >= 0.3 is 0 Å². The Labute approximate surface area is 59.1 Å². The fourth-order valence-corrected chi connectivity index (χ4v) is 1.08. The molecule has 0 aliphatic carbocycles. The highest BCUT2D eigenvalue weighted by Gasteiger charge is 2.30. The van der Waals surface area contributed by atoms with Crippen LogP contribution in [0.25, 0.3) is 0 Å². The van der Waals surface area contributed by atoms with Gasteiger partial charge in [0.2, 0.25) is 0 Å². The Morgan fingerprint density at radius 1 is 1.70 bits per heavy atom. The van der Waals surface area contributed by atoms with Gasteiger partial charge in [0.1, 0.15) is 6.17 Å². The summed E-state index contributed by atoms with van der Waals surface area (Å²) in [5, 5.41) is 8.86. The van der Waals surface area contributed by atoms with Gasteiger partial charge in [0.05, 0.1) is 12.3 Å². The average molecular weight is 145 g/mol. The van der Waals surface area contributed by atoms with E-state index in [0.717, 1.165) is 0 Å². The van der Waals surface area contributed by atoms with E-state index >= 15 is 0 Å². The molecule has 0 aromatic heterocycles. The minimum absolute atomic E-state index is 0.180. The van der Waals surface area contributed by atoms with E-state index in [4.69, 9.17) is 5.11 Å². The zero-order chi connectivity index (χ0) is 7.56. The molecule has 0 aromatic carbocycles. The number of aliphatic hydroxyl groups is 1. The maximum atomic E-state index is 12.5. The van der Waals surface area contributed by atoms with Gasteiger partial charge in [-0.05, 0) is 0 Å². The van der Waals surface area contributed by atoms with Gasteiger partial charge in [0.15, 0.2) is 0 Å². The van der Waals surface area contributed by atoms with Gasteiger partial charge in [-0.1, -0.05) is 0 Å². The Hall–Kier alpha value is -0.415. The number of rotatable bonds is 2. The van der Waals surface area contributed by atoms with Crippen LogP contribution in [-0.2, 0) is 4.79 Å². The van der Waals surface area contributed by atoms with Gasteiger partial charge in [-0.15, -0.1) is 0 Å². The van der Waals surface area contributed by atoms with Crippen molar-refractivity contribution < 1.29 is 14.3 Å². The van der Waals surface area contributed by atoms with Crippen LogP contribution in [0.3, 0.4) is 0 Å². The molecule has 1 heterocycles. The third-order valence-electron chi connectivity index (χ3n) is 1.63. The molecule has 0 unspecified atom stereocenters. The summed E-state index contributed by atoms with van der Waals surface area (Å²) in [6, 6.07) is 0. The van der Waals surface area contributed by atoms with Crippen molar-refractivity contribution in [2.75, 3.05) is 13.1 Å². The maximum absolute atomic E-state index is 12.5. The predicted molar refractivity (Wildman–Crippen MR) is 36.4 cm³/mol. The predicted octanol–water partition coefficient (Wildman–Crippen LogP) is -1.46. The third kappa shape index (κ3) is 1.55. The molecule has 2 atom stereocenters. The molecule has 0 bridgehead atoms. The summed E-state index contributed by atoms with van der Waals surface area (Å²) in [5.74, 6) is 0. The highest BCUT2D eigenvalue weighted by molar-refractivity contribution is 6.64. The van der Waals surface area contributed by atoms with E-state index in [2.05, 4.69) is 0 Å². The summed E-state index contributed by atoms with van der Waals surface area (Å²) >= 11 is 0. The SMILES string of the molecule is O=CBN1C[C@@H](F)[C@@H](O)C1. The summed E-state index contributed by atoms with van der Waals surface area (Å²) in [5.41, 5.74) is 0. The smallest absolute Gasteiger partial charge is 0.281 e. The van der Waals surface area contributed by atoms with E-state index in [1.165, 1.54) is 0 Å². The first-order valence-electron chi connectivity index (χ1n) is 3.22. The molecule has 56 valence electrons. The number of alkyl halides is 1. The highest BCUT2D eigenvalue weighted by atomic mass is 19.1. The van der Waals surface area contributed by atoms with E-state index in [0.29, 0.717) is 6.19 Å². The molecule has 1 saturated heterocycles. The Balaban J connectivity index is 2.33. The minimum Gasteiger partial charge on any atom is -0.389 e. The second-order valence-electron chi connectivity index (χ2n) is 2.47. The summed E-state index contributed by atoms with van der Waals surface area (Å²) < 4.78 is 12.5. The zero-order valence-corrected chi connectivity index (χ0v) is 5.53. The van der Waals surface area contributed by atoms with Crippen LogP contribution < -0.4 is 0 Å². The Morgan fingerprint density at radius 3 is 2.80 bits per heavy atom. The lowest BCUT2D eigenvalue weighted by Gasteiger charge is -2.06. The molecule has 1 fully saturated rings. The standard InChI is InChI=1S/C5H9BFNO2/c7-4-1-8(6-3-9)2-5(4)10/h3-6,10H,1-2H2/t4-,5+/m1/s1. The molecule has 1 N–H and O–H groups in total. The van der Waals surface area contributed by atoms with Crippen LogP contribution in [0.5, 0.6) is 0 Å². The van der Waals surface area contributed by atoms with Crippen LogP contribution in [0.2, 0.25) is 0 Å². The molecular weight excluding hydrogens is 136 g/mol. The molecule has 1 rings (SSSR count). The largest absolute Gasteiger partial charge is 0.389 e. The molecule has 0 amide bonds.